The molecule has 11 nitrogen and oxygen atoms in total. The fourth-order valence-electron chi connectivity index (χ4n) is 5.11. The number of hydrogen-bond acceptors (Lipinski definition) is 8. The Morgan fingerprint density at radius 2 is 1.57 bits per heavy atom. The number of hydrogen-bond donors (Lipinski definition) is 4. The second kappa shape index (κ2) is 16.3. The molecule has 0 bridgehead atoms. The van der Waals surface area contributed by atoms with Gasteiger partial charge in [-0.05, 0) is 65.9 Å². The fraction of sp³-hybridized carbons (Fsp3) is 0.371. The second-order valence-electron chi connectivity index (χ2n) is 11.9. The Balaban J connectivity index is 1.54. The van der Waals surface area contributed by atoms with Crippen molar-refractivity contribution < 1.29 is 37.7 Å². The van der Waals surface area contributed by atoms with Crippen molar-refractivity contribution in [1.29, 1.82) is 0 Å². The highest BCUT2D eigenvalue weighted by molar-refractivity contribution is 5.92. The summed E-state index contributed by atoms with van der Waals surface area (Å²) >= 11 is 0. The number of benzene rings is 3. The summed E-state index contributed by atoms with van der Waals surface area (Å²) < 4.78 is 45.8. The monoisotopic (exact) mass is 682 g/mol. The molecule has 4 aromatic rings. The normalized spacial score (nSPS) is 11.6. The van der Waals surface area contributed by atoms with Gasteiger partial charge in [-0.25, -0.2) is 0 Å². The average Bonchev–Trinajstić information content (AvgIpc) is 3.48. The van der Waals surface area contributed by atoms with E-state index in [1.54, 1.807) is 12.1 Å². The first-order valence-electron chi connectivity index (χ1n) is 15.9. The Kier molecular flexibility index (Phi) is 12.2. The molecule has 0 fully saturated rings. The Morgan fingerprint density at radius 3 is 2.14 bits per heavy atom. The number of halogens is 3. The third kappa shape index (κ3) is 10.2. The molecule has 0 spiro atoms. The lowest BCUT2D eigenvalue weighted by Gasteiger charge is -2.21. The van der Waals surface area contributed by atoms with Gasteiger partial charge >= 0.3 is 6.18 Å². The number of carbonyl (C=O) groups excluding carboxylic acids is 2. The number of aromatic hydroxyl groups is 2. The highest BCUT2D eigenvalue weighted by Crippen LogP contribution is 2.38. The molecule has 0 unspecified atom stereocenters. The van der Waals surface area contributed by atoms with E-state index in [2.05, 4.69) is 20.4 Å². The van der Waals surface area contributed by atoms with Crippen molar-refractivity contribution >= 4 is 11.8 Å². The van der Waals surface area contributed by atoms with Crippen LogP contribution >= 0.6 is 0 Å². The molecule has 0 aliphatic heterocycles. The standard InChI is InChI=1S/C35H41F3N6O5/c1-5-43(20-25-9-13-27(14-10-25)49-16-6-15-39-23(4)45)19-24-7-11-26(12-8-24)44-32(29-17-28(22(2)3)30(46)18-31(29)47)41-42-33(44)34(48)40-21-35(36,37)38/h7-14,17-18,22,46-47H,5-6,15-16,19-21H2,1-4H3,(H,39,45)(H,40,48). The first-order valence-corrected chi connectivity index (χ1v) is 15.9. The van der Waals surface area contributed by atoms with E-state index in [0.29, 0.717) is 43.9 Å². The number of amides is 2. The van der Waals surface area contributed by atoms with Gasteiger partial charge in [0.2, 0.25) is 11.7 Å². The molecule has 1 aromatic heterocycles. The third-order valence-corrected chi connectivity index (χ3v) is 7.66. The van der Waals surface area contributed by atoms with Gasteiger partial charge in [0.15, 0.2) is 5.82 Å². The lowest BCUT2D eigenvalue weighted by molar-refractivity contribution is -0.123. The summed E-state index contributed by atoms with van der Waals surface area (Å²) in [6.07, 6.45) is -3.93. The van der Waals surface area contributed by atoms with Gasteiger partial charge in [-0.2, -0.15) is 13.2 Å². The smallest absolute Gasteiger partial charge is 0.405 e. The van der Waals surface area contributed by atoms with Crippen LogP contribution in [0.5, 0.6) is 17.2 Å². The maximum Gasteiger partial charge on any atom is 0.405 e. The molecular weight excluding hydrogens is 641 g/mol. The predicted molar refractivity (Wildman–Crippen MR) is 178 cm³/mol. The summed E-state index contributed by atoms with van der Waals surface area (Å²) in [6, 6.07) is 17.6. The van der Waals surface area contributed by atoms with E-state index in [-0.39, 0.29) is 34.7 Å². The number of phenols is 2. The van der Waals surface area contributed by atoms with Crippen LogP contribution in [0.4, 0.5) is 13.2 Å². The molecule has 1 heterocycles. The van der Waals surface area contributed by atoms with Crippen molar-refractivity contribution in [3.8, 4) is 34.3 Å². The van der Waals surface area contributed by atoms with E-state index in [9.17, 15) is 33.0 Å². The SMILES string of the molecule is CCN(Cc1ccc(OCCCNC(C)=O)cc1)Cc1ccc(-n2c(C(=O)NCC(F)(F)F)nnc2-c2cc(C(C)C)c(O)cc2O)cc1. The van der Waals surface area contributed by atoms with Crippen LogP contribution in [0.1, 0.15) is 67.3 Å². The van der Waals surface area contributed by atoms with Gasteiger partial charge in [0, 0.05) is 38.3 Å². The number of ether oxygens (including phenoxy) is 1. The van der Waals surface area contributed by atoms with Gasteiger partial charge in [-0.1, -0.05) is 45.0 Å². The summed E-state index contributed by atoms with van der Waals surface area (Å²) in [6.45, 7) is 8.70. The topological polar surface area (TPSA) is 142 Å². The van der Waals surface area contributed by atoms with Gasteiger partial charge in [0.1, 0.15) is 23.8 Å². The van der Waals surface area contributed by atoms with Crippen molar-refractivity contribution in [1.82, 2.24) is 30.3 Å². The molecule has 14 heteroatoms. The van der Waals surface area contributed by atoms with E-state index in [1.165, 1.54) is 17.6 Å². The molecule has 0 saturated heterocycles. The van der Waals surface area contributed by atoms with Crippen molar-refractivity contribution in [3.63, 3.8) is 0 Å². The van der Waals surface area contributed by atoms with E-state index >= 15 is 0 Å². The zero-order valence-corrected chi connectivity index (χ0v) is 27.8. The van der Waals surface area contributed by atoms with Gasteiger partial charge in [-0.15, -0.1) is 10.2 Å². The molecule has 0 saturated carbocycles. The molecule has 0 atom stereocenters. The van der Waals surface area contributed by atoms with Gasteiger partial charge in [0.25, 0.3) is 5.91 Å². The van der Waals surface area contributed by atoms with Gasteiger partial charge in [0.05, 0.1) is 12.2 Å². The predicted octanol–water partition coefficient (Wildman–Crippen LogP) is 5.69. The average molecular weight is 683 g/mol. The number of aromatic nitrogens is 3. The van der Waals surface area contributed by atoms with E-state index in [4.69, 9.17) is 4.74 Å². The number of carbonyl (C=O) groups is 2. The Hall–Kier alpha value is -5.11. The van der Waals surface area contributed by atoms with Crippen LogP contribution in [-0.2, 0) is 17.9 Å². The largest absolute Gasteiger partial charge is 0.508 e. The van der Waals surface area contributed by atoms with Crippen LogP contribution in [0.2, 0.25) is 0 Å². The summed E-state index contributed by atoms with van der Waals surface area (Å²) in [4.78, 5) is 26.1. The first kappa shape index (κ1) is 36.7. The van der Waals surface area contributed by atoms with Crippen molar-refractivity contribution in [2.45, 2.75) is 59.3 Å². The zero-order chi connectivity index (χ0) is 35.7. The molecule has 4 N–H and O–H groups in total. The number of phenolic OH excluding ortho intramolecular Hbond substituents is 2. The van der Waals surface area contributed by atoms with E-state index < -0.39 is 24.5 Å². The fourth-order valence-corrected chi connectivity index (χ4v) is 5.11. The molecule has 3 aromatic carbocycles. The van der Waals surface area contributed by atoms with E-state index in [0.717, 1.165) is 29.5 Å². The molecular formula is C35H41F3N6O5. The molecule has 4 rings (SSSR count). The van der Waals surface area contributed by atoms with Crippen molar-refractivity contribution in [2.75, 3.05) is 26.2 Å². The number of nitrogens with zero attached hydrogens (tertiary/aromatic N) is 4. The van der Waals surface area contributed by atoms with Crippen LogP contribution in [0.25, 0.3) is 17.1 Å². The van der Waals surface area contributed by atoms with Crippen LogP contribution < -0.4 is 15.4 Å². The molecule has 2 amide bonds. The molecule has 262 valence electrons. The maximum atomic E-state index is 12.9. The van der Waals surface area contributed by atoms with Crippen LogP contribution in [-0.4, -0.2) is 74.1 Å². The summed E-state index contributed by atoms with van der Waals surface area (Å²) in [5.41, 5.74) is 3.06. The van der Waals surface area contributed by atoms with Crippen LogP contribution in [0.3, 0.4) is 0 Å². The van der Waals surface area contributed by atoms with Crippen LogP contribution in [0.15, 0.2) is 60.7 Å². The maximum absolute atomic E-state index is 12.9. The minimum Gasteiger partial charge on any atom is -0.508 e. The Morgan fingerprint density at radius 1 is 0.939 bits per heavy atom. The number of alkyl halides is 3. The molecule has 49 heavy (non-hydrogen) atoms. The quantitative estimate of drug-likeness (QED) is 0.117. The van der Waals surface area contributed by atoms with Gasteiger partial charge in [-0.3, -0.25) is 19.1 Å². The molecule has 0 aliphatic rings. The lowest BCUT2D eigenvalue weighted by atomic mass is 9.98. The Labute approximate surface area is 282 Å². The summed E-state index contributed by atoms with van der Waals surface area (Å²) in [7, 11) is 0. The Bertz CT molecular complexity index is 1720. The highest BCUT2D eigenvalue weighted by Gasteiger charge is 2.30. The molecule has 0 radical (unpaired) electrons. The first-order chi connectivity index (χ1) is 23.3. The summed E-state index contributed by atoms with van der Waals surface area (Å²) in [5.74, 6) is -1.42. The van der Waals surface area contributed by atoms with Crippen molar-refractivity contribution in [3.05, 3.63) is 83.2 Å². The van der Waals surface area contributed by atoms with Crippen molar-refractivity contribution in [2.24, 2.45) is 0 Å². The summed E-state index contributed by atoms with van der Waals surface area (Å²) in [5, 5.41) is 33.7. The second-order valence-corrected chi connectivity index (χ2v) is 11.9. The number of nitrogens with one attached hydrogen (secondary N) is 2. The number of rotatable bonds is 15. The minimum atomic E-state index is -4.64. The zero-order valence-electron chi connectivity index (χ0n) is 27.8. The van der Waals surface area contributed by atoms with E-state index in [1.807, 2.05) is 62.5 Å². The highest BCUT2D eigenvalue weighted by atomic mass is 19.4. The molecule has 0 aliphatic carbocycles. The van der Waals surface area contributed by atoms with Gasteiger partial charge < -0.3 is 25.6 Å². The van der Waals surface area contributed by atoms with Crippen LogP contribution in [0, 0.1) is 0 Å². The minimum absolute atomic E-state index is 0.0136. The third-order valence-electron chi connectivity index (χ3n) is 7.66. The lowest BCUT2D eigenvalue weighted by Crippen LogP contribution is -2.35.